The van der Waals surface area contributed by atoms with Crippen molar-refractivity contribution in [2.24, 2.45) is 0 Å². The van der Waals surface area contributed by atoms with E-state index in [1.54, 1.807) is 19.1 Å². The quantitative estimate of drug-likeness (QED) is 0.548. The summed E-state index contributed by atoms with van der Waals surface area (Å²) < 4.78 is 27.1. The maximum atomic E-state index is 13.7. The van der Waals surface area contributed by atoms with Gasteiger partial charge in [0, 0.05) is 30.7 Å². The number of nitrogens with zero attached hydrogens (tertiary/aromatic N) is 2. The minimum Gasteiger partial charge on any atom is -0.384 e. The van der Waals surface area contributed by atoms with Crippen molar-refractivity contribution in [3.63, 3.8) is 0 Å². The van der Waals surface area contributed by atoms with E-state index in [-0.39, 0.29) is 37.5 Å². The van der Waals surface area contributed by atoms with Gasteiger partial charge in [-0.25, -0.2) is 13.8 Å². The maximum absolute atomic E-state index is 13.7. The Balaban J connectivity index is 1.71. The minimum absolute atomic E-state index is 0.0266. The lowest BCUT2D eigenvalue weighted by Gasteiger charge is -2.38. The van der Waals surface area contributed by atoms with Gasteiger partial charge in [0.1, 0.15) is 11.9 Å². The van der Waals surface area contributed by atoms with Crippen molar-refractivity contribution in [3.8, 4) is 0 Å². The van der Waals surface area contributed by atoms with Crippen LogP contribution in [0.4, 0.5) is 14.6 Å². The number of carbonyl (C=O) groups is 2. The molecule has 184 valence electrons. The van der Waals surface area contributed by atoms with Crippen LogP contribution in [0.2, 0.25) is 0 Å². The highest BCUT2D eigenvalue weighted by atomic mass is 19.2. The number of hydrogen-bond acceptors (Lipinski definition) is 5. The molecule has 9 heteroatoms. The van der Waals surface area contributed by atoms with Gasteiger partial charge in [-0.2, -0.15) is 0 Å². The molecule has 34 heavy (non-hydrogen) atoms. The average Bonchev–Trinajstić information content (AvgIpc) is 2.77. The lowest BCUT2D eigenvalue weighted by atomic mass is 9.97. The van der Waals surface area contributed by atoms with Crippen molar-refractivity contribution < 1.29 is 18.4 Å². The number of nitrogen functional groups attached to an aromatic ring is 1. The van der Waals surface area contributed by atoms with E-state index >= 15 is 0 Å². The van der Waals surface area contributed by atoms with Gasteiger partial charge in [0.25, 0.3) is 0 Å². The summed E-state index contributed by atoms with van der Waals surface area (Å²) in [5.74, 6) is -2.28. The molecule has 1 fully saturated rings. The molecular weight excluding hydrogens is 440 g/mol. The first kappa shape index (κ1) is 25.6. The molecule has 4 N–H and O–H groups in total. The fraction of sp³-hybridized carbons (Fsp3) is 0.480. The predicted octanol–water partition coefficient (Wildman–Crippen LogP) is 2.86. The standard InChI is InChI=1S/C25H33F2N5O2/c1-15-5-4-6-16(2)32(15)14-24(33)31-22(12-18-7-9-20(26)21(27)11-18)25(34)29-13-19-8-10-23(28)30-17(19)3/h7-11,15-16,22H,4-6,12-14H2,1-3H3,(H2,28,30)(H,29,34)(H,31,33)/t15?,16?,22-/m0/s1. The van der Waals surface area contributed by atoms with Gasteiger partial charge >= 0.3 is 0 Å². The van der Waals surface area contributed by atoms with Crippen molar-refractivity contribution in [1.82, 2.24) is 20.5 Å². The van der Waals surface area contributed by atoms with Gasteiger partial charge in [-0.3, -0.25) is 14.5 Å². The van der Waals surface area contributed by atoms with E-state index in [4.69, 9.17) is 5.73 Å². The average molecular weight is 474 g/mol. The molecule has 1 aliphatic heterocycles. The van der Waals surface area contributed by atoms with Crippen LogP contribution in [0, 0.1) is 18.6 Å². The molecule has 0 radical (unpaired) electrons. The number of amides is 2. The first-order chi connectivity index (χ1) is 16.1. The largest absolute Gasteiger partial charge is 0.384 e. The van der Waals surface area contributed by atoms with Crippen LogP contribution < -0.4 is 16.4 Å². The van der Waals surface area contributed by atoms with E-state index in [1.807, 2.05) is 0 Å². The topological polar surface area (TPSA) is 100 Å². The number of aromatic nitrogens is 1. The van der Waals surface area contributed by atoms with E-state index in [2.05, 4.69) is 34.4 Å². The Morgan fingerprint density at radius 1 is 1.15 bits per heavy atom. The van der Waals surface area contributed by atoms with Crippen LogP contribution in [0.15, 0.2) is 30.3 Å². The molecule has 3 rings (SSSR count). The summed E-state index contributed by atoms with van der Waals surface area (Å²) in [5.41, 5.74) is 7.57. The normalized spacial score (nSPS) is 19.4. The predicted molar refractivity (Wildman–Crippen MR) is 127 cm³/mol. The summed E-state index contributed by atoms with van der Waals surface area (Å²) in [6.07, 6.45) is 3.19. The van der Waals surface area contributed by atoms with Crippen LogP contribution in [-0.4, -0.2) is 46.4 Å². The van der Waals surface area contributed by atoms with Crippen LogP contribution in [0.25, 0.3) is 0 Å². The second kappa shape index (κ2) is 11.4. The summed E-state index contributed by atoms with van der Waals surface area (Å²) in [6, 6.07) is 6.49. The number of aryl methyl sites for hydroxylation is 1. The zero-order valence-corrected chi connectivity index (χ0v) is 19.9. The zero-order valence-electron chi connectivity index (χ0n) is 19.9. The Morgan fingerprint density at radius 3 is 2.50 bits per heavy atom. The number of piperidine rings is 1. The van der Waals surface area contributed by atoms with Crippen molar-refractivity contribution >= 4 is 17.6 Å². The summed E-state index contributed by atoms with van der Waals surface area (Å²) in [7, 11) is 0. The monoisotopic (exact) mass is 473 g/mol. The Hall–Kier alpha value is -3.07. The number of hydrogen-bond donors (Lipinski definition) is 3. The molecule has 1 saturated heterocycles. The smallest absolute Gasteiger partial charge is 0.243 e. The molecule has 3 atom stereocenters. The molecule has 0 bridgehead atoms. The fourth-order valence-electron chi connectivity index (χ4n) is 4.41. The van der Waals surface area contributed by atoms with E-state index < -0.39 is 23.6 Å². The van der Waals surface area contributed by atoms with Gasteiger partial charge in [-0.1, -0.05) is 18.6 Å². The Bertz CT molecular complexity index is 1020. The van der Waals surface area contributed by atoms with E-state index in [0.717, 1.165) is 37.0 Å². The number of likely N-dealkylation sites (tertiary alicyclic amines) is 1. The summed E-state index contributed by atoms with van der Waals surface area (Å²) in [6.45, 7) is 6.35. The second-order valence-electron chi connectivity index (χ2n) is 9.07. The Labute approximate surface area is 199 Å². The van der Waals surface area contributed by atoms with Crippen LogP contribution in [-0.2, 0) is 22.6 Å². The van der Waals surface area contributed by atoms with Gasteiger partial charge in [0.15, 0.2) is 11.6 Å². The first-order valence-electron chi connectivity index (χ1n) is 11.6. The number of anilines is 1. The third kappa shape index (κ3) is 6.72. The molecule has 2 amide bonds. The van der Waals surface area contributed by atoms with E-state index in [1.165, 1.54) is 6.07 Å². The number of rotatable bonds is 8. The molecule has 0 spiro atoms. The van der Waals surface area contributed by atoms with Crippen LogP contribution >= 0.6 is 0 Å². The van der Waals surface area contributed by atoms with Gasteiger partial charge in [-0.15, -0.1) is 0 Å². The highest BCUT2D eigenvalue weighted by molar-refractivity contribution is 5.88. The lowest BCUT2D eigenvalue weighted by Crippen LogP contribution is -2.53. The lowest BCUT2D eigenvalue weighted by molar-refractivity contribution is -0.130. The molecule has 0 saturated carbocycles. The van der Waals surface area contributed by atoms with Crippen LogP contribution in [0.5, 0.6) is 0 Å². The number of pyridine rings is 1. The number of benzene rings is 1. The number of carbonyl (C=O) groups excluding carboxylic acids is 2. The SMILES string of the molecule is Cc1nc(N)ccc1CNC(=O)[C@H](Cc1ccc(F)c(F)c1)NC(=O)CN1C(C)CCCC1C. The van der Waals surface area contributed by atoms with Crippen LogP contribution in [0.1, 0.15) is 49.9 Å². The fourth-order valence-corrected chi connectivity index (χ4v) is 4.41. The van der Waals surface area contributed by atoms with Crippen molar-refractivity contribution in [2.75, 3.05) is 12.3 Å². The summed E-state index contributed by atoms with van der Waals surface area (Å²) >= 11 is 0. The number of nitrogens with two attached hydrogens (primary N) is 1. The van der Waals surface area contributed by atoms with Crippen molar-refractivity contribution in [2.45, 2.75) is 71.1 Å². The Kier molecular flexibility index (Phi) is 8.55. The van der Waals surface area contributed by atoms with Gasteiger partial charge in [-0.05, 0) is 62.9 Å². The van der Waals surface area contributed by atoms with Crippen molar-refractivity contribution in [1.29, 1.82) is 0 Å². The highest BCUT2D eigenvalue weighted by Crippen LogP contribution is 2.22. The highest BCUT2D eigenvalue weighted by Gasteiger charge is 2.28. The van der Waals surface area contributed by atoms with Gasteiger partial charge in [0.05, 0.1) is 6.54 Å². The molecule has 2 unspecified atom stereocenters. The molecule has 1 aromatic carbocycles. The molecule has 7 nitrogen and oxygen atoms in total. The van der Waals surface area contributed by atoms with E-state index in [9.17, 15) is 18.4 Å². The van der Waals surface area contributed by atoms with Crippen molar-refractivity contribution in [3.05, 3.63) is 58.8 Å². The number of nitrogens with one attached hydrogen (secondary N) is 2. The number of halogens is 2. The molecule has 0 aliphatic carbocycles. The van der Waals surface area contributed by atoms with Crippen LogP contribution in [0.3, 0.4) is 0 Å². The Morgan fingerprint density at radius 2 is 1.85 bits per heavy atom. The summed E-state index contributed by atoms with van der Waals surface area (Å²) in [4.78, 5) is 32.3. The summed E-state index contributed by atoms with van der Waals surface area (Å²) in [5, 5.41) is 5.62. The molecular formula is C25H33F2N5O2. The second-order valence-corrected chi connectivity index (χ2v) is 9.07. The third-order valence-corrected chi connectivity index (χ3v) is 6.45. The van der Waals surface area contributed by atoms with Gasteiger partial charge < -0.3 is 16.4 Å². The zero-order chi connectivity index (χ0) is 24.8. The molecule has 1 aromatic heterocycles. The first-order valence-corrected chi connectivity index (χ1v) is 11.6. The third-order valence-electron chi connectivity index (χ3n) is 6.45. The maximum Gasteiger partial charge on any atom is 0.243 e. The van der Waals surface area contributed by atoms with Gasteiger partial charge in [0.2, 0.25) is 11.8 Å². The van der Waals surface area contributed by atoms with E-state index in [0.29, 0.717) is 17.1 Å². The minimum atomic E-state index is -0.998. The molecule has 1 aliphatic rings. The molecule has 2 heterocycles. The molecule has 2 aromatic rings.